The average molecular weight is 307 g/mol. The molecule has 0 unspecified atom stereocenters. The van der Waals surface area contributed by atoms with Crippen molar-refractivity contribution in [3.05, 3.63) is 21.5 Å². The lowest BCUT2D eigenvalue weighted by Gasteiger charge is -1.99. The van der Waals surface area contributed by atoms with Crippen LogP contribution < -0.4 is 5.32 Å². The fraction of sp³-hybridized carbons (Fsp3) is 0.600. The van der Waals surface area contributed by atoms with Crippen LogP contribution in [0.15, 0.2) is 6.07 Å². The SMILES string of the molecule is CCCNCCCc1nnc(-c2cc3c(s2)CCC3)s1. The lowest BCUT2D eigenvalue weighted by molar-refractivity contribution is 0.637. The van der Waals surface area contributed by atoms with E-state index in [0.717, 1.165) is 30.9 Å². The van der Waals surface area contributed by atoms with Gasteiger partial charge in [0, 0.05) is 11.3 Å². The summed E-state index contributed by atoms with van der Waals surface area (Å²) in [6.45, 7) is 4.39. The van der Waals surface area contributed by atoms with Crippen LogP contribution in [0, 0.1) is 0 Å². The average Bonchev–Trinajstić information content (AvgIpc) is 3.12. The van der Waals surface area contributed by atoms with E-state index >= 15 is 0 Å². The number of aromatic nitrogens is 2. The second-order valence-electron chi connectivity index (χ2n) is 5.27. The molecule has 0 spiro atoms. The smallest absolute Gasteiger partial charge is 0.157 e. The molecular weight excluding hydrogens is 286 g/mol. The molecule has 3 nitrogen and oxygen atoms in total. The van der Waals surface area contributed by atoms with Crippen molar-refractivity contribution in [3.8, 4) is 9.88 Å². The van der Waals surface area contributed by atoms with E-state index in [4.69, 9.17) is 0 Å². The second-order valence-corrected chi connectivity index (χ2v) is 7.47. The zero-order valence-electron chi connectivity index (χ0n) is 11.9. The molecule has 0 saturated carbocycles. The summed E-state index contributed by atoms with van der Waals surface area (Å²) in [5.41, 5.74) is 1.55. The Hall–Kier alpha value is -0.780. The Morgan fingerprint density at radius 3 is 3.00 bits per heavy atom. The van der Waals surface area contributed by atoms with Crippen LogP contribution in [-0.2, 0) is 19.3 Å². The van der Waals surface area contributed by atoms with Gasteiger partial charge in [-0.3, -0.25) is 0 Å². The predicted molar refractivity (Wildman–Crippen MR) is 86.7 cm³/mol. The van der Waals surface area contributed by atoms with E-state index in [2.05, 4.69) is 28.5 Å². The monoisotopic (exact) mass is 307 g/mol. The van der Waals surface area contributed by atoms with Crippen LogP contribution in [0.2, 0.25) is 0 Å². The van der Waals surface area contributed by atoms with Gasteiger partial charge in [0.25, 0.3) is 0 Å². The maximum absolute atomic E-state index is 4.37. The fourth-order valence-corrected chi connectivity index (χ4v) is 4.73. The van der Waals surface area contributed by atoms with Crippen molar-refractivity contribution in [3.63, 3.8) is 0 Å². The van der Waals surface area contributed by atoms with Crippen LogP contribution in [-0.4, -0.2) is 23.3 Å². The normalized spacial score (nSPS) is 13.8. The van der Waals surface area contributed by atoms with Gasteiger partial charge in [-0.1, -0.05) is 18.3 Å². The van der Waals surface area contributed by atoms with Crippen molar-refractivity contribution in [2.45, 2.75) is 45.4 Å². The quantitative estimate of drug-likeness (QED) is 0.793. The fourth-order valence-electron chi connectivity index (χ4n) is 2.56. The highest BCUT2D eigenvalue weighted by Gasteiger charge is 2.17. The Bertz CT molecular complexity index is 538. The lowest BCUT2D eigenvalue weighted by Crippen LogP contribution is -2.16. The molecular formula is C15H21N3S2. The zero-order valence-corrected chi connectivity index (χ0v) is 13.6. The van der Waals surface area contributed by atoms with Crippen LogP contribution >= 0.6 is 22.7 Å². The Balaban J connectivity index is 1.56. The molecule has 0 bridgehead atoms. The van der Waals surface area contributed by atoms with Gasteiger partial charge >= 0.3 is 0 Å². The number of hydrogen-bond donors (Lipinski definition) is 1. The number of nitrogens with zero attached hydrogens (tertiary/aromatic N) is 2. The van der Waals surface area contributed by atoms with Crippen LogP contribution in [0.4, 0.5) is 0 Å². The zero-order chi connectivity index (χ0) is 13.8. The molecule has 20 heavy (non-hydrogen) atoms. The number of nitrogens with one attached hydrogen (secondary N) is 1. The van der Waals surface area contributed by atoms with E-state index in [-0.39, 0.29) is 0 Å². The van der Waals surface area contributed by atoms with Gasteiger partial charge in [-0.25, -0.2) is 0 Å². The van der Waals surface area contributed by atoms with E-state index in [0.29, 0.717) is 0 Å². The maximum atomic E-state index is 4.37. The highest BCUT2D eigenvalue weighted by Crippen LogP contribution is 2.37. The van der Waals surface area contributed by atoms with Gasteiger partial charge < -0.3 is 5.32 Å². The Morgan fingerprint density at radius 2 is 2.15 bits per heavy atom. The first-order chi connectivity index (χ1) is 9.86. The van der Waals surface area contributed by atoms with Crippen molar-refractivity contribution >= 4 is 22.7 Å². The number of fused-ring (bicyclic) bond motifs is 1. The van der Waals surface area contributed by atoms with E-state index in [9.17, 15) is 0 Å². The Kier molecular flexibility index (Phi) is 4.81. The minimum Gasteiger partial charge on any atom is -0.317 e. The molecule has 0 atom stereocenters. The van der Waals surface area contributed by atoms with Gasteiger partial charge in [-0.05, 0) is 56.8 Å². The Morgan fingerprint density at radius 1 is 1.20 bits per heavy atom. The molecule has 1 aliphatic rings. The maximum Gasteiger partial charge on any atom is 0.157 e. The summed E-state index contributed by atoms with van der Waals surface area (Å²) in [5, 5.41) is 14.4. The third kappa shape index (κ3) is 3.27. The van der Waals surface area contributed by atoms with E-state index < -0.39 is 0 Å². The highest BCUT2D eigenvalue weighted by atomic mass is 32.1. The number of aryl methyl sites for hydroxylation is 3. The van der Waals surface area contributed by atoms with Gasteiger partial charge in [-0.15, -0.1) is 21.5 Å². The lowest BCUT2D eigenvalue weighted by atomic mass is 10.2. The topological polar surface area (TPSA) is 37.8 Å². The number of hydrogen-bond acceptors (Lipinski definition) is 5. The predicted octanol–water partition coefficient (Wildman–Crippen LogP) is 3.69. The summed E-state index contributed by atoms with van der Waals surface area (Å²) in [5.74, 6) is 0. The molecule has 0 amide bonds. The largest absolute Gasteiger partial charge is 0.317 e. The van der Waals surface area contributed by atoms with Crippen LogP contribution in [0.3, 0.4) is 0 Å². The van der Waals surface area contributed by atoms with Gasteiger partial charge in [0.1, 0.15) is 5.01 Å². The minimum absolute atomic E-state index is 1.04. The summed E-state index contributed by atoms with van der Waals surface area (Å²) in [4.78, 5) is 2.89. The van der Waals surface area contributed by atoms with E-state index in [1.54, 1.807) is 21.8 Å². The highest BCUT2D eigenvalue weighted by molar-refractivity contribution is 7.21. The second kappa shape index (κ2) is 6.78. The summed E-state index contributed by atoms with van der Waals surface area (Å²) in [6.07, 6.45) is 7.23. The molecule has 5 heteroatoms. The summed E-state index contributed by atoms with van der Waals surface area (Å²) in [6, 6.07) is 2.33. The summed E-state index contributed by atoms with van der Waals surface area (Å²) >= 11 is 3.69. The molecule has 1 aliphatic carbocycles. The first kappa shape index (κ1) is 14.2. The standard InChI is InChI=1S/C15H21N3S2/c1-2-8-16-9-4-7-14-17-18-15(20-14)13-10-11-5-3-6-12(11)19-13/h10,16H,2-9H2,1H3. The molecule has 2 aromatic heterocycles. The molecule has 3 rings (SSSR count). The van der Waals surface area contributed by atoms with Crippen LogP contribution in [0.1, 0.15) is 41.6 Å². The third-order valence-corrected chi connectivity index (χ3v) is 5.98. The van der Waals surface area contributed by atoms with E-state index in [1.165, 1.54) is 35.6 Å². The first-order valence-corrected chi connectivity index (χ1v) is 9.15. The van der Waals surface area contributed by atoms with Gasteiger partial charge in [0.05, 0.1) is 4.88 Å². The van der Waals surface area contributed by atoms with Crippen molar-refractivity contribution < 1.29 is 0 Å². The molecule has 108 valence electrons. The molecule has 1 N–H and O–H groups in total. The Labute approximate surface area is 128 Å². The molecule has 0 aliphatic heterocycles. The van der Waals surface area contributed by atoms with Crippen molar-refractivity contribution in [1.29, 1.82) is 0 Å². The van der Waals surface area contributed by atoms with Crippen molar-refractivity contribution in [2.75, 3.05) is 13.1 Å². The number of rotatable bonds is 7. The molecule has 0 saturated heterocycles. The molecule has 2 heterocycles. The van der Waals surface area contributed by atoms with E-state index in [1.807, 2.05) is 11.3 Å². The van der Waals surface area contributed by atoms with Gasteiger partial charge in [0.2, 0.25) is 0 Å². The molecule has 0 fully saturated rings. The van der Waals surface area contributed by atoms with Crippen molar-refractivity contribution in [2.24, 2.45) is 0 Å². The van der Waals surface area contributed by atoms with Crippen LogP contribution in [0.5, 0.6) is 0 Å². The van der Waals surface area contributed by atoms with Crippen molar-refractivity contribution in [1.82, 2.24) is 15.5 Å². The van der Waals surface area contributed by atoms with Gasteiger partial charge in [0.15, 0.2) is 5.01 Å². The third-order valence-electron chi connectivity index (χ3n) is 3.60. The van der Waals surface area contributed by atoms with Gasteiger partial charge in [-0.2, -0.15) is 0 Å². The molecule has 0 aromatic carbocycles. The first-order valence-electron chi connectivity index (χ1n) is 7.52. The summed E-state index contributed by atoms with van der Waals surface area (Å²) < 4.78 is 0. The molecule has 0 radical (unpaired) electrons. The number of thiophene rings is 1. The minimum atomic E-state index is 1.04. The molecule has 2 aromatic rings. The van der Waals surface area contributed by atoms with Crippen LogP contribution in [0.25, 0.3) is 9.88 Å². The summed E-state index contributed by atoms with van der Waals surface area (Å²) in [7, 11) is 0.